The van der Waals surface area contributed by atoms with Crippen LogP contribution >= 0.6 is 11.6 Å². The van der Waals surface area contributed by atoms with Crippen LogP contribution in [0, 0.1) is 0 Å². The van der Waals surface area contributed by atoms with Crippen LogP contribution in [0.1, 0.15) is 28.5 Å². The Hall–Kier alpha value is -2.59. The first kappa shape index (κ1) is 16.3. The summed E-state index contributed by atoms with van der Waals surface area (Å²) < 4.78 is 2.05. The van der Waals surface area contributed by atoms with Crippen molar-refractivity contribution in [1.29, 1.82) is 0 Å². The van der Waals surface area contributed by atoms with E-state index in [1.807, 2.05) is 55.5 Å². The van der Waals surface area contributed by atoms with Crippen LogP contribution in [0.2, 0.25) is 5.02 Å². The van der Waals surface area contributed by atoms with Crippen molar-refractivity contribution in [2.45, 2.75) is 19.9 Å². The summed E-state index contributed by atoms with van der Waals surface area (Å²) in [6.07, 6.45) is 0.615. The molecule has 0 aliphatic rings. The summed E-state index contributed by atoms with van der Waals surface area (Å²) in [7, 11) is 0. The number of amides is 1. The fourth-order valence-corrected chi connectivity index (χ4v) is 3.31. The normalized spacial score (nSPS) is 10.9. The zero-order chi connectivity index (χ0) is 17.3. The molecule has 1 heterocycles. The summed E-state index contributed by atoms with van der Waals surface area (Å²) in [4.78, 5) is 23.8. The van der Waals surface area contributed by atoms with E-state index in [1.165, 1.54) is 0 Å². The molecule has 2 aromatic carbocycles. The lowest BCUT2D eigenvalue weighted by Gasteiger charge is -2.11. The first-order valence-corrected chi connectivity index (χ1v) is 8.09. The summed E-state index contributed by atoms with van der Waals surface area (Å²) in [5, 5.41) is 1.41. The highest BCUT2D eigenvalue weighted by atomic mass is 35.5. The molecule has 0 bridgehead atoms. The van der Waals surface area contributed by atoms with Crippen LogP contribution in [0.4, 0.5) is 0 Å². The summed E-state index contributed by atoms with van der Waals surface area (Å²) in [5.74, 6) is -1.58. The molecule has 0 unspecified atom stereocenters. The summed E-state index contributed by atoms with van der Waals surface area (Å²) in [5.41, 5.74) is 8.39. The molecule has 0 aliphatic carbocycles. The van der Waals surface area contributed by atoms with Gasteiger partial charge in [-0.1, -0.05) is 48.9 Å². The molecular formula is C19H17ClN2O2. The van der Waals surface area contributed by atoms with E-state index in [4.69, 9.17) is 17.3 Å². The number of nitrogens with zero attached hydrogens (tertiary/aromatic N) is 1. The van der Waals surface area contributed by atoms with Gasteiger partial charge in [0.1, 0.15) is 0 Å². The molecule has 0 radical (unpaired) electrons. The molecule has 2 N–H and O–H groups in total. The van der Waals surface area contributed by atoms with Crippen molar-refractivity contribution >= 4 is 34.2 Å². The molecule has 1 aromatic heterocycles. The van der Waals surface area contributed by atoms with Crippen molar-refractivity contribution < 1.29 is 9.59 Å². The van der Waals surface area contributed by atoms with Gasteiger partial charge in [-0.05, 0) is 30.2 Å². The van der Waals surface area contributed by atoms with Gasteiger partial charge < -0.3 is 10.3 Å². The van der Waals surface area contributed by atoms with E-state index >= 15 is 0 Å². The number of halogens is 1. The summed E-state index contributed by atoms with van der Waals surface area (Å²) >= 11 is 6.08. The number of para-hydroxylation sites is 1. The molecule has 0 saturated carbocycles. The van der Waals surface area contributed by atoms with E-state index in [2.05, 4.69) is 4.57 Å². The summed E-state index contributed by atoms with van der Waals surface area (Å²) in [6.45, 7) is 2.52. The van der Waals surface area contributed by atoms with E-state index in [0.29, 0.717) is 23.6 Å². The molecule has 3 aromatic rings. The van der Waals surface area contributed by atoms with Crippen LogP contribution in [0.15, 0.2) is 48.5 Å². The fourth-order valence-electron chi connectivity index (χ4n) is 3.10. The van der Waals surface area contributed by atoms with Crippen LogP contribution in [0.3, 0.4) is 0 Å². The number of rotatable bonds is 5. The summed E-state index contributed by atoms with van der Waals surface area (Å²) in [6, 6.07) is 15.1. The lowest BCUT2D eigenvalue weighted by molar-refractivity contribution is -0.114. The Morgan fingerprint density at radius 3 is 2.54 bits per heavy atom. The van der Waals surface area contributed by atoms with Gasteiger partial charge in [0.2, 0.25) is 0 Å². The Bertz CT molecular complexity index is 944. The van der Waals surface area contributed by atoms with Gasteiger partial charge >= 0.3 is 0 Å². The van der Waals surface area contributed by atoms with Crippen LogP contribution in [-0.2, 0) is 17.8 Å². The molecule has 0 saturated heterocycles. The van der Waals surface area contributed by atoms with Crippen molar-refractivity contribution in [3.8, 4) is 0 Å². The third-order valence-corrected chi connectivity index (χ3v) is 4.33. The molecule has 0 fully saturated rings. The van der Waals surface area contributed by atoms with Crippen molar-refractivity contribution in [1.82, 2.24) is 4.57 Å². The van der Waals surface area contributed by atoms with Crippen LogP contribution in [0.25, 0.3) is 10.9 Å². The first-order valence-electron chi connectivity index (χ1n) is 7.71. The predicted molar refractivity (Wildman–Crippen MR) is 95.4 cm³/mol. The topological polar surface area (TPSA) is 65.1 Å². The van der Waals surface area contributed by atoms with Crippen molar-refractivity contribution in [2.75, 3.05) is 0 Å². The second-order valence-corrected chi connectivity index (χ2v) is 6.04. The zero-order valence-corrected chi connectivity index (χ0v) is 14.0. The largest absolute Gasteiger partial charge is 0.363 e. The maximum atomic E-state index is 12.3. The van der Waals surface area contributed by atoms with Gasteiger partial charge in [0.05, 0.1) is 5.56 Å². The highest BCUT2D eigenvalue weighted by Crippen LogP contribution is 2.28. The van der Waals surface area contributed by atoms with Gasteiger partial charge in [0.25, 0.3) is 11.7 Å². The standard InChI is InChI=1S/C19H17ClN2O2/c1-2-15-17(18(23)19(21)24)14-8-3-4-9-16(14)22(15)11-12-6-5-7-13(20)10-12/h3-10H,2,11H2,1H3,(H2,21,24). The van der Waals surface area contributed by atoms with Crippen molar-refractivity contribution in [3.63, 3.8) is 0 Å². The second kappa shape index (κ2) is 6.49. The number of fused-ring (bicyclic) bond motifs is 1. The molecule has 5 heteroatoms. The minimum Gasteiger partial charge on any atom is -0.363 e. The third-order valence-electron chi connectivity index (χ3n) is 4.09. The van der Waals surface area contributed by atoms with Crippen molar-refractivity contribution in [2.24, 2.45) is 5.73 Å². The number of Topliss-reactive ketones (excluding diaryl/α,β-unsaturated/α-hetero) is 1. The first-order chi connectivity index (χ1) is 11.5. The number of carbonyl (C=O) groups excluding carboxylic acids is 2. The lowest BCUT2D eigenvalue weighted by atomic mass is 10.0. The van der Waals surface area contributed by atoms with Gasteiger partial charge in [-0.3, -0.25) is 9.59 Å². The van der Waals surface area contributed by atoms with Gasteiger partial charge in [-0.2, -0.15) is 0 Å². The SMILES string of the molecule is CCc1c(C(=O)C(N)=O)c2ccccc2n1Cc1cccc(Cl)c1. The Kier molecular flexibility index (Phi) is 4.40. The van der Waals surface area contributed by atoms with E-state index in [0.717, 1.165) is 22.2 Å². The molecule has 0 spiro atoms. The number of aromatic nitrogens is 1. The van der Waals surface area contributed by atoms with Crippen LogP contribution < -0.4 is 5.73 Å². The quantitative estimate of drug-likeness (QED) is 0.570. The number of hydrogen-bond acceptors (Lipinski definition) is 2. The van der Waals surface area contributed by atoms with E-state index in [-0.39, 0.29) is 0 Å². The number of benzene rings is 2. The minimum absolute atomic E-state index is 0.405. The van der Waals surface area contributed by atoms with Crippen molar-refractivity contribution in [3.05, 3.63) is 70.4 Å². The Morgan fingerprint density at radius 1 is 1.12 bits per heavy atom. The molecule has 1 amide bonds. The molecule has 3 rings (SSSR count). The average Bonchev–Trinajstić information content (AvgIpc) is 2.88. The third kappa shape index (κ3) is 2.81. The van der Waals surface area contributed by atoms with Gasteiger partial charge in [-0.25, -0.2) is 0 Å². The fraction of sp³-hybridized carbons (Fsp3) is 0.158. The van der Waals surface area contributed by atoms with Crippen LogP contribution in [0.5, 0.6) is 0 Å². The van der Waals surface area contributed by atoms with Gasteiger partial charge in [-0.15, -0.1) is 0 Å². The van der Waals surface area contributed by atoms with Gasteiger partial charge in [0, 0.05) is 28.2 Å². The highest BCUT2D eigenvalue weighted by Gasteiger charge is 2.24. The van der Waals surface area contributed by atoms with Crippen LogP contribution in [-0.4, -0.2) is 16.3 Å². The smallest absolute Gasteiger partial charge is 0.289 e. The predicted octanol–water partition coefficient (Wildman–Crippen LogP) is 3.57. The molecule has 122 valence electrons. The molecule has 24 heavy (non-hydrogen) atoms. The number of ketones is 1. The Morgan fingerprint density at radius 2 is 1.88 bits per heavy atom. The van der Waals surface area contributed by atoms with E-state index < -0.39 is 11.7 Å². The number of primary amides is 1. The zero-order valence-electron chi connectivity index (χ0n) is 13.3. The molecule has 0 aliphatic heterocycles. The van der Waals surface area contributed by atoms with E-state index in [9.17, 15) is 9.59 Å². The molecule has 0 atom stereocenters. The molecule has 4 nitrogen and oxygen atoms in total. The number of nitrogens with two attached hydrogens (primary N) is 1. The Labute approximate surface area is 144 Å². The van der Waals surface area contributed by atoms with E-state index in [1.54, 1.807) is 0 Å². The average molecular weight is 341 g/mol. The maximum Gasteiger partial charge on any atom is 0.289 e. The Balaban J connectivity index is 2.23. The monoisotopic (exact) mass is 340 g/mol. The maximum absolute atomic E-state index is 12.3. The number of carbonyl (C=O) groups is 2. The minimum atomic E-state index is -0.935. The number of hydrogen-bond donors (Lipinski definition) is 1. The molecular weight excluding hydrogens is 324 g/mol. The highest BCUT2D eigenvalue weighted by molar-refractivity contribution is 6.44. The van der Waals surface area contributed by atoms with Gasteiger partial charge in [0.15, 0.2) is 0 Å². The second-order valence-electron chi connectivity index (χ2n) is 5.60. The lowest BCUT2D eigenvalue weighted by Crippen LogP contribution is -2.24.